The van der Waals surface area contributed by atoms with Crippen molar-refractivity contribution in [3.8, 4) is 0 Å². The van der Waals surface area contributed by atoms with Gasteiger partial charge in [-0.2, -0.15) is 0 Å². The Balaban J connectivity index is 1.44. The van der Waals surface area contributed by atoms with Gasteiger partial charge in [-0.3, -0.25) is 4.79 Å². The molecule has 1 saturated heterocycles. The zero-order chi connectivity index (χ0) is 21.6. The van der Waals surface area contributed by atoms with Crippen molar-refractivity contribution < 1.29 is 4.79 Å². The smallest absolute Gasteiger partial charge is 0.224 e. The minimum absolute atomic E-state index is 0.0150. The fourth-order valence-corrected chi connectivity index (χ4v) is 4.57. The predicted molar refractivity (Wildman–Crippen MR) is 128 cm³/mol. The van der Waals surface area contributed by atoms with E-state index in [1.807, 2.05) is 30.3 Å². The Morgan fingerprint density at radius 1 is 1.00 bits per heavy atom. The Hall–Kier alpha value is -2.69. The van der Waals surface area contributed by atoms with Crippen LogP contribution >= 0.6 is 0 Å². The number of likely N-dealkylation sites (tertiary alicyclic amines) is 1. The first kappa shape index (κ1) is 21.5. The summed E-state index contributed by atoms with van der Waals surface area (Å²) >= 11 is 0. The summed E-state index contributed by atoms with van der Waals surface area (Å²) in [6, 6.07) is 25.5. The molecular weight excluding hydrogens is 382 g/mol. The van der Waals surface area contributed by atoms with Crippen LogP contribution in [0, 0.1) is 0 Å². The second kappa shape index (κ2) is 10.1. The lowest BCUT2D eigenvalue weighted by Gasteiger charge is -2.37. The zero-order valence-corrected chi connectivity index (χ0v) is 18.6. The molecule has 0 radical (unpaired) electrons. The Morgan fingerprint density at radius 2 is 1.68 bits per heavy atom. The van der Waals surface area contributed by atoms with Crippen molar-refractivity contribution in [1.82, 2.24) is 15.1 Å². The standard InChI is InChI=1S/C27H33N3O/c1-29-16-14-25(15-17-29)30(2)20-26(23-9-4-3-5-10-23)28-27(31)19-21-12-13-22-8-6-7-11-24(22)18-21/h3-13,18,25-26H,14-17,19-20H2,1-2H3,(H,28,31)/t26-/m1/s1. The molecule has 0 aliphatic carbocycles. The number of piperidine rings is 1. The molecule has 0 unspecified atom stereocenters. The van der Waals surface area contributed by atoms with Crippen LogP contribution in [0.5, 0.6) is 0 Å². The summed E-state index contributed by atoms with van der Waals surface area (Å²) in [5.41, 5.74) is 2.21. The largest absolute Gasteiger partial charge is 0.348 e. The highest BCUT2D eigenvalue weighted by molar-refractivity contribution is 5.85. The van der Waals surface area contributed by atoms with Crippen molar-refractivity contribution in [2.75, 3.05) is 33.7 Å². The molecular formula is C27H33N3O. The molecule has 4 nitrogen and oxygen atoms in total. The Bertz CT molecular complexity index is 996. The minimum atomic E-state index is -0.0150. The van der Waals surface area contributed by atoms with Crippen LogP contribution in [0.3, 0.4) is 0 Å². The summed E-state index contributed by atoms with van der Waals surface area (Å²) in [6.07, 6.45) is 2.76. The van der Waals surface area contributed by atoms with Gasteiger partial charge in [-0.25, -0.2) is 0 Å². The number of likely N-dealkylation sites (N-methyl/N-ethyl adjacent to an activating group) is 1. The van der Waals surface area contributed by atoms with Crippen LogP contribution in [0.25, 0.3) is 10.8 Å². The molecule has 3 aromatic rings. The first-order valence-corrected chi connectivity index (χ1v) is 11.3. The van der Waals surface area contributed by atoms with Crippen molar-refractivity contribution in [1.29, 1.82) is 0 Å². The van der Waals surface area contributed by atoms with Gasteiger partial charge >= 0.3 is 0 Å². The molecule has 1 N–H and O–H groups in total. The molecule has 1 fully saturated rings. The number of hydrogen-bond acceptors (Lipinski definition) is 3. The maximum atomic E-state index is 13.0. The van der Waals surface area contributed by atoms with Gasteiger partial charge in [-0.15, -0.1) is 0 Å². The van der Waals surface area contributed by atoms with E-state index < -0.39 is 0 Å². The van der Waals surface area contributed by atoms with Crippen LogP contribution in [-0.4, -0.2) is 55.5 Å². The fraction of sp³-hybridized carbons (Fsp3) is 0.370. The number of rotatable bonds is 7. The molecule has 0 spiro atoms. The highest BCUT2D eigenvalue weighted by atomic mass is 16.1. The molecule has 0 aromatic heterocycles. The summed E-state index contributed by atoms with van der Waals surface area (Å²) in [4.78, 5) is 17.8. The normalized spacial score (nSPS) is 16.5. The van der Waals surface area contributed by atoms with Crippen molar-refractivity contribution in [2.45, 2.75) is 31.3 Å². The van der Waals surface area contributed by atoms with Crippen LogP contribution < -0.4 is 5.32 Å². The molecule has 1 atom stereocenters. The summed E-state index contributed by atoms with van der Waals surface area (Å²) in [6.45, 7) is 3.10. The van der Waals surface area contributed by atoms with Crippen LogP contribution in [-0.2, 0) is 11.2 Å². The third-order valence-corrected chi connectivity index (χ3v) is 6.50. The SMILES string of the molecule is CN1CCC(N(C)C[C@@H](NC(=O)Cc2ccc3ccccc3c2)c2ccccc2)CC1. The van der Waals surface area contributed by atoms with Gasteiger partial charge in [-0.1, -0.05) is 72.8 Å². The van der Waals surface area contributed by atoms with Crippen LogP contribution in [0.2, 0.25) is 0 Å². The quantitative estimate of drug-likeness (QED) is 0.626. The molecule has 1 amide bonds. The Kier molecular flexibility index (Phi) is 7.00. The third-order valence-electron chi connectivity index (χ3n) is 6.50. The minimum Gasteiger partial charge on any atom is -0.348 e. The van der Waals surface area contributed by atoms with E-state index in [1.54, 1.807) is 0 Å². The third kappa shape index (κ3) is 5.72. The van der Waals surface area contributed by atoms with Gasteiger partial charge < -0.3 is 15.1 Å². The lowest BCUT2D eigenvalue weighted by atomic mass is 10.0. The van der Waals surface area contributed by atoms with Crippen molar-refractivity contribution in [3.05, 3.63) is 83.9 Å². The van der Waals surface area contributed by atoms with E-state index in [4.69, 9.17) is 0 Å². The summed E-state index contributed by atoms with van der Waals surface area (Å²) in [7, 11) is 4.39. The van der Waals surface area contributed by atoms with E-state index in [0.717, 1.165) is 30.8 Å². The van der Waals surface area contributed by atoms with Crippen molar-refractivity contribution in [3.63, 3.8) is 0 Å². The average Bonchev–Trinajstić information content (AvgIpc) is 2.79. The monoisotopic (exact) mass is 415 g/mol. The van der Waals surface area contributed by atoms with Gasteiger partial charge in [0.2, 0.25) is 5.91 Å². The highest BCUT2D eigenvalue weighted by Crippen LogP contribution is 2.20. The van der Waals surface area contributed by atoms with E-state index in [2.05, 4.69) is 71.7 Å². The van der Waals surface area contributed by atoms with Crippen molar-refractivity contribution >= 4 is 16.7 Å². The highest BCUT2D eigenvalue weighted by Gasteiger charge is 2.24. The molecule has 0 bridgehead atoms. The Labute approximate surface area is 185 Å². The maximum absolute atomic E-state index is 13.0. The van der Waals surface area contributed by atoms with E-state index in [9.17, 15) is 4.79 Å². The van der Waals surface area contributed by atoms with Crippen LogP contribution in [0.1, 0.15) is 30.0 Å². The van der Waals surface area contributed by atoms with Gasteiger partial charge in [-0.05, 0) is 61.9 Å². The first-order chi connectivity index (χ1) is 15.1. The molecule has 162 valence electrons. The molecule has 3 aromatic carbocycles. The summed E-state index contributed by atoms with van der Waals surface area (Å²) in [5, 5.41) is 5.70. The van der Waals surface area contributed by atoms with E-state index in [1.165, 1.54) is 23.6 Å². The fourth-order valence-electron chi connectivity index (χ4n) is 4.57. The van der Waals surface area contributed by atoms with Gasteiger partial charge in [0.15, 0.2) is 0 Å². The number of fused-ring (bicyclic) bond motifs is 1. The van der Waals surface area contributed by atoms with Gasteiger partial charge in [0.1, 0.15) is 0 Å². The van der Waals surface area contributed by atoms with E-state index in [-0.39, 0.29) is 11.9 Å². The van der Waals surface area contributed by atoms with Crippen LogP contribution in [0.15, 0.2) is 72.8 Å². The van der Waals surface area contributed by atoms with E-state index in [0.29, 0.717) is 12.5 Å². The zero-order valence-electron chi connectivity index (χ0n) is 18.6. The molecule has 0 saturated carbocycles. The van der Waals surface area contributed by atoms with Crippen molar-refractivity contribution in [2.24, 2.45) is 0 Å². The Morgan fingerprint density at radius 3 is 2.42 bits per heavy atom. The topological polar surface area (TPSA) is 35.6 Å². The van der Waals surface area contributed by atoms with Gasteiger partial charge in [0.25, 0.3) is 0 Å². The average molecular weight is 416 g/mol. The lowest BCUT2D eigenvalue weighted by Crippen LogP contribution is -2.45. The second-order valence-electron chi connectivity index (χ2n) is 8.86. The number of carbonyl (C=O) groups is 1. The predicted octanol–water partition coefficient (Wildman–Crippen LogP) is 4.27. The number of nitrogens with zero attached hydrogens (tertiary/aromatic N) is 2. The summed E-state index contributed by atoms with van der Waals surface area (Å²) in [5.74, 6) is 0.0703. The first-order valence-electron chi connectivity index (χ1n) is 11.3. The number of nitrogens with one attached hydrogen (secondary N) is 1. The summed E-state index contributed by atoms with van der Waals surface area (Å²) < 4.78 is 0. The van der Waals surface area contributed by atoms with Gasteiger partial charge in [0.05, 0.1) is 12.5 Å². The lowest BCUT2D eigenvalue weighted by molar-refractivity contribution is -0.121. The molecule has 1 heterocycles. The van der Waals surface area contributed by atoms with E-state index >= 15 is 0 Å². The molecule has 1 aliphatic rings. The number of carbonyl (C=O) groups excluding carboxylic acids is 1. The molecule has 31 heavy (non-hydrogen) atoms. The van der Waals surface area contributed by atoms with Gasteiger partial charge in [0, 0.05) is 12.6 Å². The second-order valence-corrected chi connectivity index (χ2v) is 8.86. The number of benzene rings is 3. The molecule has 1 aliphatic heterocycles. The number of hydrogen-bond donors (Lipinski definition) is 1. The van der Waals surface area contributed by atoms with Crippen LogP contribution in [0.4, 0.5) is 0 Å². The maximum Gasteiger partial charge on any atom is 0.224 e. The molecule has 4 rings (SSSR count). The number of amides is 1. The molecule has 4 heteroatoms.